The second-order valence-corrected chi connectivity index (χ2v) is 2.85. The van der Waals surface area contributed by atoms with Crippen LogP contribution in [0.4, 0.5) is 0 Å². The van der Waals surface area contributed by atoms with Gasteiger partial charge in [-0.3, -0.25) is 0 Å². The number of hydrogen-bond acceptors (Lipinski definition) is 5. The van der Waals surface area contributed by atoms with E-state index in [2.05, 4.69) is 20.3 Å². The number of rotatable bonds is 1. The van der Waals surface area contributed by atoms with Crippen LogP contribution in [-0.2, 0) is 0 Å². The summed E-state index contributed by atoms with van der Waals surface area (Å²) >= 11 is 0. The molecule has 0 amide bonds. The largest absolute Gasteiger partial charge is 0.314 e. The van der Waals surface area contributed by atoms with E-state index in [-0.39, 0.29) is 0 Å². The Balaban J connectivity index is 2.60. The van der Waals surface area contributed by atoms with Gasteiger partial charge in [0.15, 0.2) is 0 Å². The SMILES string of the molecule is CC(C)c1cnc2nnoc2n1. The quantitative estimate of drug-likeness (QED) is 0.632. The summed E-state index contributed by atoms with van der Waals surface area (Å²) in [6, 6.07) is 0. The molecule has 0 aliphatic rings. The Morgan fingerprint density at radius 3 is 3.00 bits per heavy atom. The Morgan fingerprint density at radius 1 is 1.42 bits per heavy atom. The molecule has 0 spiro atoms. The molecule has 62 valence electrons. The van der Waals surface area contributed by atoms with E-state index in [9.17, 15) is 0 Å². The summed E-state index contributed by atoms with van der Waals surface area (Å²) in [6.45, 7) is 4.08. The second-order valence-electron chi connectivity index (χ2n) is 2.85. The van der Waals surface area contributed by atoms with Crippen LogP contribution in [0, 0.1) is 0 Å². The van der Waals surface area contributed by atoms with Crippen molar-refractivity contribution in [3.05, 3.63) is 11.9 Å². The van der Waals surface area contributed by atoms with Crippen molar-refractivity contribution in [1.82, 2.24) is 20.3 Å². The van der Waals surface area contributed by atoms with E-state index < -0.39 is 0 Å². The third-order valence-electron chi connectivity index (χ3n) is 1.60. The van der Waals surface area contributed by atoms with Gasteiger partial charge in [-0.25, -0.2) is 9.97 Å². The molecule has 0 aliphatic heterocycles. The van der Waals surface area contributed by atoms with Gasteiger partial charge in [-0.05, 0) is 5.92 Å². The zero-order chi connectivity index (χ0) is 8.55. The maximum atomic E-state index is 4.77. The zero-order valence-corrected chi connectivity index (χ0v) is 6.85. The fourth-order valence-corrected chi connectivity index (χ4v) is 0.884. The monoisotopic (exact) mass is 164 g/mol. The summed E-state index contributed by atoms with van der Waals surface area (Å²) in [7, 11) is 0. The summed E-state index contributed by atoms with van der Waals surface area (Å²) in [5, 5.41) is 6.98. The fraction of sp³-hybridized carbons (Fsp3) is 0.429. The maximum Gasteiger partial charge on any atom is 0.298 e. The van der Waals surface area contributed by atoms with Gasteiger partial charge in [0.05, 0.1) is 11.9 Å². The highest BCUT2D eigenvalue weighted by Gasteiger charge is 2.06. The molecule has 0 N–H and O–H groups in total. The predicted molar refractivity (Wildman–Crippen MR) is 41.5 cm³/mol. The summed E-state index contributed by atoms with van der Waals surface area (Å²) in [5.74, 6) is 0.340. The van der Waals surface area contributed by atoms with Crippen LogP contribution in [0.5, 0.6) is 0 Å². The maximum absolute atomic E-state index is 4.77. The van der Waals surface area contributed by atoms with Crippen molar-refractivity contribution >= 4 is 11.4 Å². The highest BCUT2D eigenvalue weighted by atomic mass is 16.5. The lowest BCUT2D eigenvalue weighted by atomic mass is 10.1. The molecule has 12 heavy (non-hydrogen) atoms. The molecular weight excluding hydrogens is 156 g/mol. The van der Waals surface area contributed by atoms with Crippen LogP contribution < -0.4 is 0 Å². The standard InChI is InChI=1S/C7H8N4O/c1-4(2)5-3-8-6-7(9-5)12-11-10-6/h3-4H,1-2H3. The lowest BCUT2D eigenvalue weighted by Crippen LogP contribution is -1.93. The van der Waals surface area contributed by atoms with Crippen molar-refractivity contribution in [2.24, 2.45) is 0 Å². The molecule has 2 heterocycles. The fourth-order valence-electron chi connectivity index (χ4n) is 0.884. The molecule has 2 aromatic heterocycles. The molecule has 0 aromatic carbocycles. The third kappa shape index (κ3) is 1.03. The Labute approximate surface area is 68.8 Å². The highest BCUT2D eigenvalue weighted by Crippen LogP contribution is 2.12. The molecule has 0 saturated heterocycles. The third-order valence-corrected chi connectivity index (χ3v) is 1.60. The van der Waals surface area contributed by atoms with E-state index >= 15 is 0 Å². The van der Waals surface area contributed by atoms with E-state index in [0.29, 0.717) is 17.3 Å². The summed E-state index contributed by atoms with van der Waals surface area (Å²) < 4.78 is 4.77. The first-order valence-electron chi connectivity index (χ1n) is 3.72. The van der Waals surface area contributed by atoms with E-state index in [1.165, 1.54) is 0 Å². The van der Waals surface area contributed by atoms with Crippen LogP contribution in [-0.4, -0.2) is 20.3 Å². The van der Waals surface area contributed by atoms with Crippen molar-refractivity contribution in [2.75, 3.05) is 0 Å². The molecule has 2 rings (SSSR count). The number of nitrogens with zero attached hydrogens (tertiary/aromatic N) is 4. The smallest absolute Gasteiger partial charge is 0.298 e. The molecule has 0 radical (unpaired) electrons. The van der Waals surface area contributed by atoms with Gasteiger partial charge in [-0.15, -0.1) is 0 Å². The Morgan fingerprint density at radius 2 is 2.25 bits per heavy atom. The van der Waals surface area contributed by atoms with Gasteiger partial charge in [-0.1, -0.05) is 18.9 Å². The van der Waals surface area contributed by atoms with Gasteiger partial charge in [-0.2, -0.15) is 0 Å². The zero-order valence-electron chi connectivity index (χ0n) is 6.85. The number of aromatic nitrogens is 4. The molecular formula is C7H8N4O. The number of hydrogen-bond donors (Lipinski definition) is 0. The first kappa shape index (κ1) is 7.15. The topological polar surface area (TPSA) is 64.7 Å². The van der Waals surface area contributed by atoms with Crippen LogP contribution >= 0.6 is 0 Å². The Bertz CT molecular complexity index is 395. The lowest BCUT2D eigenvalue weighted by Gasteiger charge is -1.99. The minimum atomic E-state index is 0.340. The van der Waals surface area contributed by atoms with Crippen molar-refractivity contribution in [3.8, 4) is 0 Å². The van der Waals surface area contributed by atoms with Crippen molar-refractivity contribution in [3.63, 3.8) is 0 Å². The van der Waals surface area contributed by atoms with Gasteiger partial charge < -0.3 is 4.52 Å². The molecule has 2 aromatic rings. The Kier molecular flexibility index (Phi) is 1.49. The van der Waals surface area contributed by atoms with Gasteiger partial charge in [0.25, 0.3) is 5.71 Å². The van der Waals surface area contributed by atoms with E-state index in [1.54, 1.807) is 6.20 Å². The lowest BCUT2D eigenvalue weighted by molar-refractivity contribution is 0.417. The minimum absolute atomic E-state index is 0.340. The molecule has 0 bridgehead atoms. The minimum Gasteiger partial charge on any atom is -0.314 e. The van der Waals surface area contributed by atoms with Crippen LogP contribution in [0.3, 0.4) is 0 Å². The van der Waals surface area contributed by atoms with Crippen LogP contribution in [0.2, 0.25) is 0 Å². The van der Waals surface area contributed by atoms with E-state index in [4.69, 9.17) is 4.52 Å². The van der Waals surface area contributed by atoms with E-state index in [1.807, 2.05) is 13.8 Å². The molecule has 0 fully saturated rings. The Hall–Kier alpha value is -1.52. The first-order valence-corrected chi connectivity index (χ1v) is 3.72. The molecule has 0 saturated carbocycles. The molecule has 5 nitrogen and oxygen atoms in total. The van der Waals surface area contributed by atoms with Crippen molar-refractivity contribution in [2.45, 2.75) is 19.8 Å². The average molecular weight is 164 g/mol. The van der Waals surface area contributed by atoms with Gasteiger partial charge >= 0.3 is 0 Å². The molecule has 0 aliphatic carbocycles. The van der Waals surface area contributed by atoms with Gasteiger partial charge in [0.1, 0.15) is 0 Å². The van der Waals surface area contributed by atoms with Crippen LogP contribution in [0.15, 0.2) is 10.7 Å². The summed E-state index contributed by atoms with van der Waals surface area (Å²) in [4.78, 5) is 8.21. The van der Waals surface area contributed by atoms with Gasteiger partial charge in [0, 0.05) is 5.27 Å². The predicted octanol–water partition coefficient (Wildman–Crippen LogP) is 1.14. The highest BCUT2D eigenvalue weighted by molar-refractivity contribution is 5.60. The molecule has 0 unspecified atom stereocenters. The van der Waals surface area contributed by atoms with Crippen LogP contribution in [0.1, 0.15) is 25.5 Å². The average Bonchev–Trinajstić information content (AvgIpc) is 2.49. The van der Waals surface area contributed by atoms with Crippen LogP contribution in [0.25, 0.3) is 11.4 Å². The van der Waals surface area contributed by atoms with Crippen molar-refractivity contribution < 1.29 is 4.52 Å². The summed E-state index contributed by atoms with van der Waals surface area (Å²) in [5.41, 5.74) is 1.75. The molecule has 0 atom stereocenters. The first-order chi connectivity index (χ1) is 5.77. The van der Waals surface area contributed by atoms with Crippen molar-refractivity contribution in [1.29, 1.82) is 0 Å². The number of fused-ring (bicyclic) bond motifs is 1. The molecule has 5 heteroatoms. The normalized spacial score (nSPS) is 11.2. The van der Waals surface area contributed by atoms with E-state index in [0.717, 1.165) is 5.69 Å². The summed E-state index contributed by atoms with van der Waals surface area (Å²) in [6.07, 6.45) is 1.69. The van der Waals surface area contributed by atoms with Gasteiger partial charge in [0.2, 0.25) is 5.65 Å². The second kappa shape index (κ2) is 2.51.